The largest absolute Gasteiger partial charge is 0.396 e. The van der Waals surface area contributed by atoms with Crippen LogP contribution in [-0.2, 0) is 11.2 Å². The van der Waals surface area contributed by atoms with Crippen molar-refractivity contribution >= 4 is 11.6 Å². The molecule has 2 rings (SSSR count). The Hall–Kier alpha value is -1.55. The topological polar surface area (TPSA) is 61.4 Å². The molecule has 1 aromatic carbocycles. The molecule has 1 atom stereocenters. The molecule has 110 valence electrons. The Morgan fingerprint density at radius 3 is 2.90 bits per heavy atom. The van der Waals surface area contributed by atoms with Crippen molar-refractivity contribution in [2.75, 3.05) is 25.0 Å². The molecule has 1 unspecified atom stereocenters. The molecular formula is C16H24N2O2. The van der Waals surface area contributed by atoms with Gasteiger partial charge in [-0.15, -0.1) is 0 Å². The number of nitrogens with one attached hydrogen (secondary N) is 2. The molecule has 0 saturated carbocycles. The molecule has 1 amide bonds. The van der Waals surface area contributed by atoms with E-state index in [4.69, 9.17) is 5.11 Å². The van der Waals surface area contributed by atoms with Crippen molar-refractivity contribution in [1.29, 1.82) is 0 Å². The minimum atomic E-state index is 0.0299. The minimum Gasteiger partial charge on any atom is -0.396 e. The Morgan fingerprint density at radius 2 is 2.05 bits per heavy atom. The first kappa shape index (κ1) is 14.9. The average molecular weight is 276 g/mol. The maximum Gasteiger partial charge on any atom is 0.225 e. The summed E-state index contributed by atoms with van der Waals surface area (Å²) >= 11 is 0. The van der Waals surface area contributed by atoms with Gasteiger partial charge in [0.15, 0.2) is 0 Å². The maximum absolute atomic E-state index is 12.1. The van der Waals surface area contributed by atoms with Crippen LogP contribution in [0.15, 0.2) is 24.3 Å². The van der Waals surface area contributed by atoms with Crippen molar-refractivity contribution in [2.24, 2.45) is 5.92 Å². The first-order valence-corrected chi connectivity index (χ1v) is 7.51. The van der Waals surface area contributed by atoms with Gasteiger partial charge in [-0.3, -0.25) is 4.79 Å². The third-order valence-electron chi connectivity index (χ3n) is 3.78. The molecule has 1 aliphatic heterocycles. The lowest BCUT2D eigenvalue weighted by atomic mass is 9.93. The lowest BCUT2D eigenvalue weighted by molar-refractivity contribution is -0.124. The van der Waals surface area contributed by atoms with Gasteiger partial charge in [0.2, 0.25) is 5.91 Å². The second-order valence-corrected chi connectivity index (χ2v) is 5.37. The van der Waals surface area contributed by atoms with E-state index >= 15 is 0 Å². The maximum atomic E-state index is 12.1. The van der Waals surface area contributed by atoms with Gasteiger partial charge in [0.25, 0.3) is 0 Å². The Morgan fingerprint density at radius 1 is 1.25 bits per heavy atom. The van der Waals surface area contributed by atoms with Crippen molar-refractivity contribution in [2.45, 2.75) is 32.1 Å². The highest BCUT2D eigenvalue weighted by atomic mass is 16.2. The summed E-state index contributed by atoms with van der Waals surface area (Å²) in [6, 6.07) is 8.17. The van der Waals surface area contributed by atoms with Crippen LogP contribution in [0.1, 0.15) is 31.2 Å². The highest BCUT2D eigenvalue weighted by molar-refractivity contribution is 5.80. The van der Waals surface area contributed by atoms with Gasteiger partial charge in [-0.2, -0.15) is 0 Å². The Balaban J connectivity index is 1.69. The quantitative estimate of drug-likeness (QED) is 0.667. The molecule has 1 aromatic rings. The number of hydrogen-bond donors (Lipinski definition) is 3. The Bertz CT molecular complexity index is 434. The van der Waals surface area contributed by atoms with E-state index < -0.39 is 0 Å². The number of aliphatic hydroxyl groups is 1. The first-order valence-electron chi connectivity index (χ1n) is 7.51. The zero-order chi connectivity index (χ0) is 14.2. The Labute approximate surface area is 120 Å². The van der Waals surface area contributed by atoms with Crippen LogP contribution in [0.2, 0.25) is 0 Å². The number of carbonyl (C=O) groups is 1. The molecule has 0 spiro atoms. The van der Waals surface area contributed by atoms with Crippen LogP contribution >= 0.6 is 0 Å². The SMILES string of the molecule is O=C(NCCCCCCO)C1CNc2ccccc2C1. The molecule has 0 fully saturated rings. The van der Waals surface area contributed by atoms with Crippen molar-refractivity contribution < 1.29 is 9.90 Å². The Kier molecular flexibility index (Phi) is 5.87. The first-order chi connectivity index (χ1) is 9.81. The molecule has 0 aliphatic carbocycles. The van der Waals surface area contributed by atoms with Gasteiger partial charge >= 0.3 is 0 Å². The number of amides is 1. The lowest BCUT2D eigenvalue weighted by Gasteiger charge is -2.25. The standard InChI is InChI=1S/C16H24N2O2/c19-10-6-2-1-5-9-17-16(20)14-11-13-7-3-4-8-15(13)18-12-14/h3-4,7-8,14,18-19H,1-2,5-6,9-12H2,(H,17,20). The number of carbonyl (C=O) groups excluding carboxylic acids is 1. The zero-order valence-electron chi connectivity index (χ0n) is 11.9. The van der Waals surface area contributed by atoms with Gasteiger partial charge in [-0.05, 0) is 30.9 Å². The van der Waals surface area contributed by atoms with E-state index in [0.29, 0.717) is 6.54 Å². The summed E-state index contributed by atoms with van der Waals surface area (Å²) in [6.45, 7) is 1.72. The summed E-state index contributed by atoms with van der Waals surface area (Å²) in [5.41, 5.74) is 2.38. The van der Waals surface area contributed by atoms with Crippen molar-refractivity contribution in [3.05, 3.63) is 29.8 Å². The van der Waals surface area contributed by atoms with Gasteiger partial charge in [0.1, 0.15) is 0 Å². The number of benzene rings is 1. The fourth-order valence-corrected chi connectivity index (χ4v) is 2.57. The molecule has 1 aliphatic rings. The molecule has 0 aromatic heterocycles. The van der Waals surface area contributed by atoms with E-state index in [1.165, 1.54) is 5.56 Å². The summed E-state index contributed by atoms with van der Waals surface area (Å²) in [4.78, 5) is 12.1. The van der Waals surface area contributed by atoms with Crippen LogP contribution in [0.4, 0.5) is 5.69 Å². The predicted molar refractivity (Wildman–Crippen MR) is 80.7 cm³/mol. The van der Waals surface area contributed by atoms with Crippen molar-refractivity contribution in [3.8, 4) is 0 Å². The van der Waals surface area contributed by atoms with Crippen LogP contribution in [0.25, 0.3) is 0 Å². The molecule has 1 heterocycles. The molecule has 0 saturated heterocycles. The van der Waals surface area contributed by atoms with Crippen LogP contribution in [-0.4, -0.2) is 30.7 Å². The third kappa shape index (κ3) is 4.23. The molecular weight excluding hydrogens is 252 g/mol. The molecule has 3 N–H and O–H groups in total. The smallest absolute Gasteiger partial charge is 0.225 e. The highest BCUT2D eigenvalue weighted by Crippen LogP contribution is 2.24. The fraction of sp³-hybridized carbons (Fsp3) is 0.562. The second-order valence-electron chi connectivity index (χ2n) is 5.37. The van der Waals surface area contributed by atoms with Crippen LogP contribution in [0.5, 0.6) is 0 Å². The van der Waals surface area contributed by atoms with E-state index in [0.717, 1.165) is 44.3 Å². The van der Waals surface area contributed by atoms with E-state index in [1.807, 2.05) is 12.1 Å². The third-order valence-corrected chi connectivity index (χ3v) is 3.78. The zero-order valence-corrected chi connectivity index (χ0v) is 11.9. The summed E-state index contributed by atoms with van der Waals surface area (Å²) in [6.07, 6.45) is 4.76. The summed E-state index contributed by atoms with van der Waals surface area (Å²) in [5.74, 6) is 0.177. The lowest BCUT2D eigenvalue weighted by Crippen LogP contribution is -2.38. The summed E-state index contributed by atoms with van der Waals surface area (Å²) in [5, 5.41) is 15.0. The normalized spacial score (nSPS) is 17.1. The minimum absolute atomic E-state index is 0.0299. The van der Waals surface area contributed by atoms with Gasteiger partial charge in [-0.1, -0.05) is 31.0 Å². The van der Waals surface area contributed by atoms with Crippen LogP contribution in [0.3, 0.4) is 0 Å². The van der Waals surface area contributed by atoms with Gasteiger partial charge in [0, 0.05) is 25.4 Å². The highest BCUT2D eigenvalue weighted by Gasteiger charge is 2.23. The van der Waals surface area contributed by atoms with Gasteiger partial charge < -0.3 is 15.7 Å². The average Bonchev–Trinajstić information content (AvgIpc) is 2.50. The number of aliphatic hydroxyl groups excluding tert-OH is 1. The van der Waals surface area contributed by atoms with Crippen molar-refractivity contribution in [3.63, 3.8) is 0 Å². The number of unbranched alkanes of at least 4 members (excludes halogenated alkanes) is 3. The summed E-state index contributed by atoms with van der Waals surface area (Å²) < 4.78 is 0. The molecule has 4 nitrogen and oxygen atoms in total. The number of rotatable bonds is 7. The van der Waals surface area contributed by atoms with E-state index in [2.05, 4.69) is 22.8 Å². The molecule has 4 heteroatoms. The number of fused-ring (bicyclic) bond motifs is 1. The van der Waals surface area contributed by atoms with E-state index in [-0.39, 0.29) is 18.4 Å². The number of anilines is 1. The fourth-order valence-electron chi connectivity index (χ4n) is 2.57. The molecule has 0 bridgehead atoms. The predicted octanol–water partition coefficient (Wildman–Crippen LogP) is 1.94. The van der Waals surface area contributed by atoms with Crippen LogP contribution < -0.4 is 10.6 Å². The number of para-hydroxylation sites is 1. The molecule has 20 heavy (non-hydrogen) atoms. The van der Waals surface area contributed by atoms with Crippen LogP contribution in [0, 0.1) is 5.92 Å². The molecule has 0 radical (unpaired) electrons. The van der Waals surface area contributed by atoms with E-state index in [9.17, 15) is 4.79 Å². The second kappa shape index (κ2) is 7.90. The van der Waals surface area contributed by atoms with E-state index in [1.54, 1.807) is 0 Å². The van der Waals surface area contributed by atoms with Crippen molar-refractivity contribution in [1.82, 2.24) is 5.32 Å². The van der Waals surface area contributed by atoms with Gasteiger partial charge in [0.05, 0.1) is 5.92 Å². The summed E-state index contributed by atoms with van der Waals surface area (Å²) in [7, 11) is 0. The number of hydrogen-bond acceptors (Lipinski definition) is 3. The van der Waals surface area contributed by atoms with Gasteiger partial charge in [-0.25, -0.2) is 0 Å². The monoisotopic (exact) mass is 276 g/mol.